The molecule has 2 aromatic rings. The minimum absolute atomic E-state index is 0.0300. The van der Waals surface area contributed by atoms with Gasteiger partial charge in [-0.2, -0.15) is 0 Å². The van der Waals surface area contributed by atoms with Crippen molar-refractivity contribution in [3.05, 3.63) is 65.2 Å². The molecular formula is C27H36N2O2. The van der Waals surface area contributed by atoms with Crippen LogP contribution in [0.2, 0.25) is 0 Å². The number of nitrogens with one attached hydrogen (secondary N) is 1. The van der Waals surface area contributed by atoms with E-state index in [1.54, 1.807) is 0 Å². The zero-order valence-electron chi connectivity index (χ0n) is 19.2. The van der Waals surface area contributed by atoms with Gasteiger partial charge >= 0.3 is 0 Å². The van der Waals surface area contributed by atoms with Gasteiger partial charge in [0.2, 0.25) is 5.91 Å². The van der Waals surface area contributed by atoms with Crippen LogP contribution in [-0.4, -0.2) is 29.5 Å². The molecule has 4 rings (SSSR count). The molecule has 31 heavy (non-hydrogen) atoms. The highest BCUT2D eigenvalue weighted by Gasteiger charge is 2.39. The van der Waals surface area contributed by atoms with E-state index >= 15 is 0 Å². The Hall–Kier alpha value is -2.33. The molecule has 0 aromatic heterocycles. The van der Waals surface area contributed by atoms with Crippen molar-refractivity contribution in [1.82, 2.24) is 10.2 Å². The highest BCUT2D eigenvalue weighted by molar-refractivity contribution is 5.79. The molecule has 2 aliphatic rings. The van der Waals surface area contributed by atoms with Crippen LogP contribution in [0.1, 0.15) is 68.7 Å². The van der Waals surface area contributed by atoms with Crippen LogP contribution in [0.5, 0.6) is 5.75 Å². The van der Waals surface area contributed by atoms with Crippen molar-refractivity contribution in [2.24, 2.45) is 5.92 Å². The summed E-state index contributed by atoms with van der Waals surface area (Å²) in [5, 5.41) is 3.40. The first kappa shape index (κ1) is 21.9. The van der Waals surface area contributed by atoms with Gasteiger partial charge in [0.25, 0.3) is 0 Å². The van der Waals surface area contributed by atoms with Crippen molar-refractivity contribution in [3.8, 4) is 5.75 Å². The largest absolute Gasteiger partial charge is 0.487 e. The van der Waals surface area contributed by atoms with E-state index in [0.29, 0.717) is 0 Å². The van der Waals surface area contributed by atoms with Crippen LogP contribution >= 0.6 is 0 Å². The number of benzene rings is 2. The first-order valence-corrected chi connectivity index (χ1v) is 11.9. The number of ether oxygens (including phenoxy) is 1. The van der Waals surface area contributed by atoms with Crippen molar-refractivity contribution in [2.45, 2.75) is 71.1 Å². The third kappa shape index (κ3) is 4.79. The number of rotatable bonds is 6. The number of hydrogen-bond donors (Lipinski definition) is 1. The monoisotopic (exact) mass is 420 g/mol. The van der Waals surface area contributed by atoms with Gasteiger partial charge in [0.05, 0.1) is 6.04 Å². The van der Waals surface area contributed by atoms with E-state index in [2.05, 4.69) is 61.3 Å². The van der Waals surface area contributed by atoms with Crippen molar-refractivity contribution >= 4 is 5.91 Å². The van der Waals surface area contributed by atoms with Gasteiger partial charge in [0, 0.05) is 24.4 Å². The van der Waals surface area contributed by atoms with E-state index in [1.807, 2.05) is 18.2 Å². The number of nitrogens with zero attached hydrogens (tertiary/aromatic N) is 1. The van der Waals surface area contributed by atoms with Gasteiger partial charge in [0.15, 0.2) is 0 Å². The summed E-state index contributed by atoms with van der Waals surface area (Å²) >= 11 is 0. The number of amides is 1. The number of likely N-dealkylation sites (tertiary alicyclic amines) is 1. The molecule has 4 heteroatoms. The Morgan fingerprint density at radius 2 is 1.74 bits per heavy atom. The van der Waals surface area contributed by atoms with E-state index in [9.17, 15) is 4.79 Å². The SMILES string of the molecule is CCC1(CC)C[C@H](NC(=O)C2CCN(Cc3ccccc3C)CC2)c2ccccc2O1. The Labute approximate surface area is 187 Å². The van der Waals surface area contributed by atoms with Gasteiger partial charge in [-0.3, -0.25) is 9.69 Å². The summed E-state index contributed by atoms with van der Waals surface area (Å²) in [5.41, 5.74) is 3.66. The number of aryl methyl sites for hydroxylation is 1. The minimum atomic E-state index is -0.191. The van der Waals surface area contributed by atoms with Crippen LogP contribution in [-0.2, 0) is 11.3 Å². The number of carbonyl (C=O) groups excluding carboxylic acids is 1. The fraction of sp³-hybridized carbons (Fsp3) is 0.519. The highest BCUT2D eigenvalue weighted by atomic mass is 16.5. The minimum Gasteiger partial charge on any atom is -0.487 e. The second-order valence-electron chi connectivity index (χ2n) is 9.27. The lowest BCUT2D eigenvalue weighted by molar-refractivity contribution is -0.128. The smallest absolute Gasteiger partial charge is 0.223 e. The van der Waals surface area contributed by atoms with Gasteiger partial charge in [-0.1, -0.05) is 56.3 Å². The fourth-order valence-electron chi connectivity index (χ4n) is 5.10. The van der Waals surface area contributed by atoms with Crippen LogP contribution in [0, 0.1) is 12.8 Å². The Bertz CT molecular complexity index is 898. The third-order valence-electron chi connectivity index (χ3n) is 7.42. The van der Waals surface area contributed by atoms with Crippen LogP contribution in [0.4, 0.5) is 0 Å². The summed E-state index contributed by atoms with van der Waals surface area (Å²) < 4.78 is 6.40. The molecule has 1 N–H and O–H groups in total. The molecule has 1 fully saturated rings. The normalized spacial score (nSPS) is 21.2. The summed E-state index contributed by atoms with van der Waals surface area (Å²) in [6, 6.07) is 16.8. The number of hydrogen-bond acceptors (Lipinski definition) is 3. The summed E-state index contributed by atoms with van der Waals surface area (Å²) in [5.74, 6) is 1.23. The molecule has 0 saturated carbocycles. The van der Waals surface area contributed by atoms with Crippen LogP contribution < -0.4 is 10.1 Å². The Morgan fingerprint density at radius 3 is 2.45 bits per heavy atom. The molecule has 166 valence electrons. The lowest BCUT2D eigenvalue weighted by Crippen LogP contribution is -2.47. The molecule has 4 nitrogen and oxygen atoms in total. The van der Waals surface area contributed by atoms with E-state index in [-0.39, 0.29) is 23.5 Å². The second-order valence-corrected chi connectivity index (χ2v) is 9.27. The predicted octanol–water partition coefficient (Wildman–Crippen LogP) is 5.41. The quantitative estimate of drug-likeness (QED) is 0.680. The molecule has 0 aliphatic carbocycles. The maximum Gasteiger partial charge on any atom is 0.223 e. The molecule has 1 atom stereocenters. The Morgan fingerprint density at radius 1 is 1.06 bits per heavy atom. The van der Waals surface area contributed by atoms with Gasteiger partial charge in [0.1, 0.15) is 11.4 Å². The van der Waals surface area contributed by atoms with Crippen molar-refractivity contribution < 1.29 is 9.53 Å². The standard InChI is InChI=1S/C27H36N2O2/c1-4-27(5-2)18-24(23-12-8-9-13-25(23)31-27)28-26(30)21-14-16-29(17-15-21)19-22-11-7-6-10-20(22)3/h6-13,21,24H,4-5,14-19H2,1-3H3,(H,28,30)/t24-/m0/s1. The summed E-state index contributed by atoms with van der Waals surface area (Å²) in [7, 11) is 0. The van der Waals surface area contributed by atoms with Crippen molar-refractivity contribution in [1.29, 1.82) is 0 Å². The zero-order chi connectivity index (χ0) is 21.8. The van der Waals surface area contributed by atoms with E-state index in [4.69, 9.17) is 4.74 Å². The van der Waals surface area contributed by atoms with Gasteiger partial charge in [-0.15, -0.1) is 0 Å². The number of fused-ring (bicyclic) bond motifs is 1. The number of carbonyl (C=O) groups is 1. The molecule has 0 unspecified atom stereocenters. The maximum atomic E-state index is 13.2. The molecule has 1 amide bonds. The molecule has 0 bridgehead atoms. The van der Waals surface area contributed by atoms with Crippen molar-refractivity contribution in [3.63, 3.8) is 0 Å². The highest BCUT2D eigenvalue weighted by Crippen LogP contribution is 2.42. The van der Waals surface area contributed by atoms with Gasteiger partial charge < -0.3 is 10.1 Å². The van der Waals surface area contributed by atoms with Crippen LogP contribution in [0.15, 0.2) is 48.5 Å². The average Bonchev–Trinajstić information content (AvgIpc) is 2.81. The van der Waals surface area contributed by atoms with E-state index < -0.39 is 0 Å². The fourth-order valence-corrected chi connectivity index (χ4v) is 5.10. The van der Waals surface area contributed by atoms with Crippen LogP contribution in [0.25, 0.3) is 0 Å². The lowest BCUT2D eigenvalue weighted by atomic mass is 9.83. The van der Waals surface area contributed by atoms with E-state index in [1.165, 1.54) is 11.1 Å². The number of piperidine rings is 1. The topological polar surface area (TPSA) is 41.6 Å². The maximum absolute atomic E-state index is 13.2. The second kappa shape index (κ2) is 9.44. The van der Waals surface area contributed by atoms with Crippen LogP contribution in [0.3, 0.4) is 0 Å². The summed E-state index contributed by atoms with van der Waals surface area (Å²) in [4.78, 5) is 15.7. The molecular weight excluding hydrogens is 384 g/mol. The molecule has 0 radical (unpaired) electrons. The van der Waals surface area contributed by atoms with E-state index in [0.717, 1.165) is 63.1 Å². The summed E-state index contributed by atoms with van der Waals surface area (Å²) in [6.07, 6.45) is 4.59. The Balaban J connectivity index is 1.38. The third-order valence-corrected chi connectivity index (χ3v) is 7.42. The Kier molecular flexibility index (Phi) is 6.66. The van der Waals surface area contributed by atoms with Gasteiger partial charge in [-0.25, -0.2) is 0 Å². The predicted molar refractivity (Wildman–Crippen MR) is 125 cm³/mol. The zero-order valence-corrected chi connectivity index (χ0v) is 19.2. The average molecular weight is 421 g/mol. The molecule has 2 aromatic carbocycles. The summed E-state index contributed by atoms with van der Waals surface area (Å²) in [6.45, 7) is 9.47. The van der Waals surface area contributed by atoms with Crippen molar-refractivity contribution in [2.75, 3.05) is 13.1 Å². The molecule has 2 aliphatic heterocycles. The first-order valence-electron chi connectivity index (χ1n) is 11.9. The first-order chi connectivity index (χ1) is 15.0. The van der Waals surface area contributed by atoms with Gasteiger partial charge in [-0.05, 0) is 62.9 Å². The molecule has 0 spiro atoms. The molecule has 1 saturated heterocycles. The lowest BCUT2D eigenvalue weighted by Gasteiger charge is -2.42. The molecule has 2 heterocycles. The number of para-hydroxylation sites is 1.